The highest BCUT2D eigenvalue weighted by molar-refractivity contribution is 7.98. The van der Waals surface area contributed by atoms with E-state index >= 15 is 0 Å². The van der Waals surface area contributed by atoms with Gasteiger partial charge in [-0.1, -0.05) is 0 Å². The van der Waals surface area contributed by atoms with Gasteiger partial charge in [0, 0.05) is 56.7 Å². The third-order valence-electron chi connectivity index (χ3n) is 5.80. The lowest BCUT2D eigenvalue weighted by Gasteiger charge is -2.43. The second kappa shape index (κ2) is 8.06. The average molecular weight is 416 g/mol. The zero-order valence-corrected chi connectivity index (χ0v) is 17.4. The Kier molecular flexibility index (Phi) is 5.49. The van der Waals surface area contributed by atoms with Gasteiger partial charge in [-0.25, -0.2) is 4.98 Å². The van der Waals surface area contributed by atoms with Crippen molar-refractivity contribution in [2.75, 3.05) is 43.6 Å². The van der Waals surface area contributed by atoms with Crippen LogP contribution < -0.4 is 16.0 Å². The van der Waals surface area contributed by atoms with Crippen molar-refractivity contribution in [3.05, 3.63) is 56.5 Å². The van der Waals surface area contributed by atoms with Crippen LogP contribution in [0.4, 0.5) is 5.82 Å². The van der Waals surface area contributed by atoms with Gasteiger partial charge in [0.25, 0.3) is 17.0 Å². The number of carbonyl (C=O) groups excluding carboxylic acids is 1. The number of carbonyl (C=O) groups is 1. The number of rotatable bonds is 5. The zero-order chi connectivity index (χ0) is 20.5. The molecule has 2 bridgehead atoms. The molecule has 1 fully saturated rings. The maximum absolute atomic E-state index is 13.1. The Hall–Kier alpha value is -2.55. The molecule has 1 N–H and O–H groups in total. The van der Waals surface area contributed by atoms with E-state index in [1.54, 1.807) is 34.3 Å². The molecule has 154 valence electrons. The molecule has 29 heavy (non-hydrogen) atoms. The lowest BCUT2D eigenvalue weighted by molar-refractivity contribution is 0.0800. The smallest absolute Gasteiger partial charge is 0.263 e. The van der Waals surface area contributed by atoms with Gasteiger partial charge in [0.2, 0.25) is 0 Å². The highest BCUT2D eigenvalue weighted by Gasteiger charge is 2.36. The summed E-state index contributed by atoms with van der Waals surface area (Å²) in [6.07, 6.45) is 4.42. The molecule has 1 saturated heterocycles. The van der Waals surface area contributed by atoms with Gasteiger partial charge < -0.3 is 19.4 Å². The third-order valence-corrected chi connectivity index (χ3v) is 6.39. The minimum absolute atomic E-state index is 0.170. The van der Waals surface area contributed by atoms with Gasteiger partial charge in [-0.3, -0.25) is 14.4 Å². The van der Waals surface area contributed by atoms with Gasteiger partial charge in [0.1, 0.15) is 11.4 Å². The van der Waals surface area contributed by atoms with Crippen LogP contribution in [0.25, 0.3) is 0 Å². The molecule has 0 saturated carbocycles. The average Bonchev–Trinajstić information content (AvgIpc) is 2.72. The largest absolute Gasteiger partial charge is 0.355 e. The number of fused-ring (bicyclic) bond motifs is 4. The number of nitrogens with one attached hydrogen (secondary N) is 1. The van der Waals surface area contributed by atoms with Crippen molar-refractivity contribution >= 4 is 23.5 Å². The second-order valence-electron chi connectivity index (χ2n) is 7.78. The Balaban J connectivity index is 1.61. The van der Waals surface area contributed by atoms with Crippen molar-refractivity contribution in [2.24, 2.45) is 5.92 Å². The van der Waals surface area contributed by atoms with Crippen molar-refractivity contribution < 1.29 is 4.79 Å². The molecule has 2 aliphatic heterocycles. The maximum atomic E-state index is 13.1. The van der Waals surface area contributed by atoms with Crippen LogP contribution in [0, 0.1) is 5.92 Å². The van der Waals surface area contributed by atoms with Crippen LogP contribution in [0.1, 0.15) is 28.4 Å². The van der Waals surface area contributed by atoms with Gasteiger partial charge in [0.15, 0.2) is 0 Å². The van der Waals surface area contributed by atoms with Crippen LogP contribution in [0.5, 0.6) is 0 Å². The lowest BCUT2D eigenvalue weighted by Crippen LogP contribution is -2.48. The topological polar surface area (TPSA) is 91.3 Å². The summed E-state index contributed by atoms with van der Waals surface area (Å²) >= 11 is 1.67. The number of aromatic amines is 1. The predicted molar refractivity (Wildman–Crippen MR) is 114 cm³/mol. The van der Waals surface area contributed by atoms with E-state index in [2.05, 4.69) is 14.9 Å². The fourth-order valence-electron chi connectivity index (χ4n) is 4.36. The summed E-state index contributed by atoms with van der Waals surface area (Å²) in [5.74, 6) is 1.74. The van der Waals surface area contributed by atoms with Crippen molar-refractivity contribution in [1.29, 1.82) is 0 Å². The summed E-state index contributed by atoms with van der Waals surface area (Å²) in [4.78, 5) is 48.0. The normalized spacial score (nSPS) is 20.3. The Morgan fingerprint density at radius 2 is 2.14 bits per heavy atom. The summed E-state index contributed by atoms with van der Waals surface area (Å²) in [7, 11) is 1.74. The number of H-pyrrole nitrogens is 1. The Morgan fingerprint density at radius 3 is 2.90 bits per heavy atom. The van der Waals surface area contributed by atoms with E-state index in [9.17, 15) is 14.4 Å². The number of pyridine rings is 1. The Morgan fingerprint density at radius 1 is 1.31 bits per heavy atom. The summed E-state index contributed by atoms with van der Waals surface area (Å²) in [6, 6.07) is 5.11. The van der Waals surface area contributed by atoms with Gasteiger partial charge in [0.05, 0.1) is 6.33 Å². The number of hydrogen-bond donors (Lipinski definition) is 1. The molecule has 0 unspecified atom stereocenters. The molecular formula is C20H25N5O3S. The van der Waals surface area contributed by atoms with Gasteiger partial charge in [-0.05, 0) is 30.7 Å². The quantitative estimate of drug-likeness (QED) is 0.783. The van der Waals surface area contributed by atoms with Gasteiger partial charge in [-0.2, -0.15) is 11.8 Å². The number of aromatic nitrogens is 3. The molecule has 4 rings (SSSR count). The molecule has 2 atom stereocenters. The van der Waals surface area contributed by atoms with E-state index in [0.29, 0.717) is 25.5 Å². The Bertz CT molecular complexity index is 1030. The van der Waals surface area contributed by atoms with Gasteiger partial charge in [-0.15, -0.1) is 0 Å². The molecule has 4 heterocycles. The third kappa shape index (κ3) is 3.83. The molecule has 1 amide bonds. The number of thioether (sulfide) groups is 1. The summed E-state index contributed by atoms with van der Waals surface area (Å²) in [5, 5.41) is 0. The van der Waals surface area contributed by atoms with Crippen molar-refractivity contribution in [3.63, 3.8) is 0 Å². The van der Waals surface area contributed by atoms with Crippen LogP contribution in [0.2, 0.25) is 0 Å². The molecule has 0 radical (unpaired) electrons. The van der Waals surface area contributed by atoms with Crippen LogP contribution in [-0.4, -0.2) is 64.0 Å². The van der Waals surface area contributed by atoms with E-state index < -0.39 is 0 Å². The molecule has 2 aromatic heterocycles. The molecule has 9 heteroatoms. The number of hydrogen-bond acceptors (Lipinski definition) is 6. The molecule has 0 aromatic carbocycles. The van der Waals surface area contributed by atoms with E-state index in [1.807, 2.05) is 12.3 Å². The van der Waals surface area contributed by atoms with E-state index in [-0.39, 0.29) is 34.4 Å². The first-order chi connectivity index (χ1) is 14.0. The molecule has 0 aliphatic carbocycles. The van der Waals surface area contributed by atoms with Crippen molar-refractivity contribution in [3.8, 4) is 0 Å². The predicted octanol–water partition coefficient (Wildman–Crippen LogP) is 0.990. The highest BCUT2D eigenvalue weighted by Crippen LogP contribution is 2.36. The maximum Gasteiger partial charge on any atom is 0.263 e. The number of piperidine rings is 1. The standard InChI is InChI=1S/C20H25N5O3S/c1-23(5-6-29-2)19(27)15-3-4-16-14-7-13(10-25(16)20(15)28)9-24(11-14)17-8-18(26)22-12-21-17/h3-4,8,12-14H,5-7,9-11H2,1-2H3,(H,21,22,26)/t13-,14+/m0/s1. The fourth-order valence-corrected chi connectivity index (χ4v) is 4.82. The second-order valence-corrected chi connectivity index (χ2v) is 8.77. The number of amides is 1. The van der Waals surface area contributed by atoms with Crippen LogP contribution >= 0.6 is 11.8 Å². The van der Waals surface area contributed by atoms with Crippen molar-refractivity contribution in [1.82, 2.24) is 19.4 Å². The number of anilines is 1. The summed E-state index contributed by atoms with van der Waals surface area (Å²) in [5.41, 5.74) is 0.839. The SMILES string of the molecule is CSCCN(C)C(=O)c1ccc2n(c1=O)C[C@H]1C[C@@H]2CN(c2cc(=O)[nH]cn2)C1. The van der Waals surface area contributed by atoms with Crippen LogP contribution in [-0.2, 0) is 6.54 Å². The van der Waals surface area contributed by atoms with Gasteiger partial charge >= 0.3 is 0 Å². The zero-order valence-electron chi connectivity index (χ0n) is 16.6. The summed E-state index contributed by atoms with van der Waals surface area (Å²) < 4.78 is 1.79. The van der Waals surface area contributed by atoms with Crippen LogP contribution in [0.3, 0.4) is 0 Å². The first-order valence-corrected chi connectivity index (χ1v) is 11.1. The minimum Gasteiger partial charge on any atom is -0.355 e. The minimum atomic E-state index is -0.218. The molecule has 2 aliphatic rings. The molecule has 8 nitrogen and oxygen atoms in total. The summed E-state index contributed by atoms with van der Waals surface area (Å²) in [6.45, 7) is 2.64. The lowest BCUT2D eigenvalue weighted by atomic mass is 9.83. The fraction of sp³-hybridized carbons (Fsp3) is 0.500. The molecule has 0 spiro atoms. The number of nitrogens with zero attached hydrogens (tertiary/aromatic N) is 4. The van der Waals surface area contributed by atoms with Crippen molar-refractivity contribution in [2.45, 2.75) is 18.9 Å². The molecule has 2 aromatic rings. The monoisotopic (exact) mass is 415 g/mol. The molecular weight excluding hydrogens is 390 g/mol. The highest BCUT2D eigenvalue weighted by atomic mass is 32.2. The Labute approximate surface area is 172 Å². The van der Waals surface area contributed by atoms with E-state index in [1.165, 1.54) is 12.4 Å². The van der Waals surface area contributed by atoms with E-state index in [4.69, 9.17) is 0 Å². The first kappa shape index (κ1) is 19.8. The van der Waals surface area contributed by atoms with Crippen LogP contribution in [0.15, 0.2) is 34.1 Å². The first-order valence-electron chi connectivity index (χ1n) is 9.75. The van der Waals surface area contributed by atoms with E-state index in [0.717, 1.165) is 24.4 Å².